The highest BCUT2D eigenvalue weighted by atomic mass is 35.5. The molecule has 1 saturated heterocycles. The van der Waals surface area contributed by atoms with Crippen LogP contribution in [-0.4, -0.2) is 61.2 Å². The molecule has 2 aromatic rings. The summed E-state index contributed by atoms with van der Waals surface area (Å²) in [6.07, 6.45) is 1.78. The number of piperazine rings is 1. The third-order valence-electron chi connectivity index (χ3n) is 4.71. The van der Waals surface area contributed by atoms with Gasteiger partial charge < -0.3 is 19.3 Å². The lowest BCUT2D eigenvalue weighted by Gasteiger charge is -2.35. The van der Waals surface area contributed by atoms with Gasteiger partial charge >= 0.3 is 5.97 Å². The molecule has 30 heavy (non-hydrogen) atoms. The first-order valence-electron chi connectivity index (χ1n) is 9.72. The van der Waals surface area contributed by atoms with Gasteiger partial charge in [0.1, 0.15) is 16.6 Å². The number of anilines is 1. The second kappa shape index (κ2) is 10.5. The Labute approximate surface area is 185 Å². The number of hydrogen-bond donors (Lipinski definition) is 0. The molecule has 160 valence electrons. The van der Waals surface area contributed by atoms with Crippen molar-refractivity contribution in [3.63, 3.8) is 0 Å². The fourth-order valence-corrected chi connectivity index (χ4v) is 3.44. The number of amides is 1. The Kier molecular flexibility index (Phi) is 7.76. The van der Waals surface area contributed by atoms with E-state index in [-0.39, 0.29) is 24.9 Å². The maximum absolute atomic E-state index is 12.5. The van der Waals surface area contributed by atoms with Crippen LogP contribution in [0, 0.1) is 0 Å². The van der Waals surface area contributed by atoms with Gasteiger partial charge in [-0.25, -0.2) is 9.78 Å². The van der Waals surface area contributed by atoms with Gasteiger partial charge in [0.05, 0.1) is 30.2 Å². The Balaban J connectivity index is 1.45. The fraction of sp³-hybridized carbons (Fsp3) is 0.381. The van der Waals surface area contributed by atoms with E-state index < -0.39 is 0 Å². The Morgan fingerprint density at radius 2 is 1.87 bits per heavy atom. The molecule has 0 bridgehead atoms. The molecule has 0 saturated carbocycles. The minimum atomic E-state index is -0.381. The van der Waals surface area contributed by atoms with E-state index in [2.05, 4.69) is 9.88 Å². The molecule has 0 unspecified atom stereocenters. The summed E-state index contributed by atoms with van der Waals surface area (Å²) in [5, 5.41) is 0.766. The van der Waals surface area contributed by atoms with Gasteiger partial charge in [0.25, 0.3) is 0 Å². The summed E-state index contributed by atoms with van der Waals surface area (Å²) in [7, 11) is 0. The number of rotatable bonds is 7. The quantitative estimate of drug-likeness (QED) is 0.597. The van der Waals surface area contributed by atoms with E-state index in [9.17, 15) is 9.59 Å². The minimum Gasteiger partial charge on any atom is -0.491 e. The summed E-state index contributed by atoms with van der Waals surface area (Å²) in [5.41, 5.74) is 0.425. The predicted octanol–water partition coefficient (Wildman–Crippen LogP) is 3.68. The van der Waals surface area contributed by atoms with Gasteiger partial charge in [0.15, 0.2) is 0 Å². The van der Waals surface area contributed by atoms with Crippen molar-refractivity contribution >= 4 is 40.9 Å². The minimum absolute atomic E-state index is 0.0263. The van der Waals surface area contributed by atoms with E-state index in [1.165, 1.54) is 6.20 Å². The summed E-state index contributed by atoms with van der Waals surface area (Å²) in [4.78, 5) is 32.4. The molecule has 3 rings (SSSR count). The van der Waals surface area contributed by atoms with Crippen molar-refractivity contribution in [3.05, 3.63) is 52.1 Å². The van der Waals surface area contributed by atoms with E-state index in [4.69, 9.17) is 32.7 Å². The average molecular weight is 452 g/mol. The van der Waals surface area contributed by atoms with Crippen molar-refractivity contribution in [2.24, 2.45) is 0 Å². The van der Waals surface area contributed by atoms with Gasteiger partial charge in [-0.05, 0) is 31.2 Å². The molecule has 1 fully saturated rings. The third kappa shape index (κ3) is 5.55. The van der Waals surface area contributed by atoms with E-state index in [0.717, 1.165) is 5.82 Å². The van der Waals surface area contributed by atoms with Crippen molar-refractivity contribution in [3.8, 4) is 5.75 Å². The maximum Gasteiger partial charge on any atom is 0.339 e. The second-order valence-electron chi connectivity index (χ2n) is 6.64. The predicted molar refractivity (Wildman–Crippen MR) is 116 cm³/mol. The molecule has 0 spiro atoms. The van der Waals surface area contributed by atoms with Gasteiger partial charge in [-0.1, -0.05) is 29.3 Å². The van der Waals surface area contributed by atoms with Crippen LogP contribution in [0.2, 0.25) is 10.0 Å². The summed E-state index contributed by atoms with van der Waals surface area (Å²) in [6, 6.07) is 8.65. The molecule has 9 heteroatoms. The molecular weight excluding hydrogens is 429 g/mol. The van der Waals surface area contributed by atoms with Crippen LogP contribution in [0.3, 0.4) is 0 Å². The van der Waals surface area contributed by atoms with Gasteiger partial charge in [-0.3, -0.25) is 4.79 Å². The van der Waals surface area contributed by atoms with E-state index in [1.54, 1.807) is 37.3 Å². The van der Waals surface area contributed by atoms with Crippen LogP contribution in [0.4, 0.5) is 5.82 Å². The van der Waals surface area contributed by atoms with Crippen LogP contribution in [0.15, 0.2) is 36.5 Å². The lowest BCUT2D eigenvalue weighted by molar-refractivity contribution is -0.132. The number of aromatic nitrogens is 1. The van der Waals surface area contributed by atoms with Gasteiger partial charge in [-0.15, -0.1) is 0 Å². The number of carbonyl (C=O) groups excluding carboxylic acids is 2. The van der Waals surface area contributed by atoms with Crippen molar-refractivity contribution in [2.45, 2.75) is 13.3 Å². The zero-order valence-electron chi connectivity index (χ0n) is 16.6. The van der Waals surface area contributed by atoms with E-state index in [0.29, 0.717) is 54.1 Å². The molecule has 7 nitrogen and oxygen atoms in total. The fourth-order valence-electron chi connectivity index (χ4n) is 3.10. The largest absolute Gasteiger partial charge is 0.491 e. The number of halogens is 2. The number of hydrogen-bond acceptors (Lipinski definition) is 6. The monoisotopic (exact) mass is 451 g/mol. The third-order valence-corrected chi connectivity index (χ3v) is 5.51. The Morgan fingerprint density at radius 3 is 2.53 bits per heavy atom. The molecule has 1 aromatic heterocycles. The summed E-state index contributed by atoms with van der Waals surface area (Å²) < 4.78 is 10.6. The van der Waals surface area contributed by atoms with Gasteiger partial charge in [-0.2, -0.15) is 0 Å². The first-order chi connectivity index (χ1) is 14.5. The first kappa shape index (κ1) is 22.2. The summed E-state index contributed by atoms with van der Waals surface area (Å²) >= 11 is 12.0. The molecule has 2 heterocycles. The standard InChI is InChI=1S/C21H23Cl2N3O4/c1-2-29-21(28)15-6-7-18(24-14-15)25-9-11-26(12-10-25)19(27)8-13-30-17-5-3-4-16(22)20(17)23/h3-7,14H,2,8-13H2,1H3. The molecule has 0 N–H and O–H groups in total. The number of carbonyl (C=O) groups is 2. The number of nitrogens with zero attached hydrogens (tertiary/aromatic N) is 3. The lowest BCUT2D eigenvalue weighted by atomic mass is 10.2. The number of esters is 1. The zero-order valence-corrected chi connectivity index (χ0v) is 18.2. The highest BCUT2D eigenvalue weighted by Crippen LogP contribution is 2.31. The lowest BCUT2D eigenvalue weighted by Crippen LogP contribution is -2.49. The van der Waals surface area contributed by atoms with Crippen LogP contribution >= 0.6 is 23.2 Å². The number of benzene rings is 1. The van der Waals surface area contributed by atoms with E-state index in [1.807, 2.05) is 4.90 Å². The Morgan fingerprint density at radius 1 is 1.10 bits per heavy atom. The zero-order chi connectivity index (χ0) is 21.5. The molecular formula is C21H23Cl2N3O4. The Bertz CT molecular complexity index is 884. The molecule has 1 aliphatic heterocycles. The molecule has 0 radical (unpaired) electrons. The molecule has 0 aliphatic carbocycles. The van der Waals surface area contributed by atoms with Crippen LogP contribution in [0.1, 0.15) is 23.7 Å². The summed E-state index contributed by atoms with van der Waals surface area (Å²) in [5.74, 6) is 0.889. The molecule has 1 amide bonds. The van der Waals surface area contributed by atoms with Crippen LogP contribution in [-0.2, 0) is 9.53 Å². The average Bonchev–Trinajstić information content (AvgIpc) is 2.77. The van der Waals surface area contributed by atoms with Crippen molar-refractivity contribution in [1.82, 2.24) is 9.88 Å². The van der Waals surface area contributed by atoms with Crippen molar-refractivity contribution in [2.75, 3.05) is 44.3 Å². The van der Waals surface area contributed by atoms with Gasteiger partial charge in [0.2, 0.25) is 5.91 Å². The normalized spacial score (nSPS) is 13.8. The number of ether oxygens (including phenoxy) is 2. The number of pyridine rings is 1. The van der Waals surface area contributed by atoms with Crippen molar-refractivity contribution in [1.29, 1.82) is 0 Å². The van der Waals surface area contributed by atoms with Crippen molar-refractivity contribution < 1.29 is 19.1 Å². The smallest absolute Gasteiger partial charge is 0.339 e. The SMILES string of the molecule is CCOC(=O)c1ccc(N2CCN(C(=O)CCOc3cccc(Cl)c3Cl)CC2)nc1. The van der Waals surface area contributed by atoms with Crippen LogP contribution < -0.4 is 9.64 Å². The molecule has 0 atom stereocenters. The molecule has 1 aromatic carbocycles. The molecule has 1 aliphatic rings. The van der Waals surface area contributed by atoms with E-state index >= 15 is 0 Å². The second-order valence-corrected chi connectivity index (χ2v) is 7.43. The Hall–Kier alpha value is -2.51. The highest BCUT2D eigenvalue weighted by molar-refractivity contribution is 6.42. The first-order valence-corrected chi connectivity index (χ1v) is 10.5. The summed E-state index contributed by atoms with van der Waals surface area (Å²) in [6.45, 7) is 4.84. The topological polar surface area (TPSA) is 72.0 Å². The van der Waals surface area contributed by atoms with Crippen LogP contribution in [0.25, 0.3) is 0 Å². The van der Waals surface area contributed by atoms with Crippen LogP contribution in [0.5, 0.6) is 5.75 Å². The maximum atomic E-state index is 12.5. The highest BCUT2D eigenvalue weighted by Gasteiger charge is 2.22. The van der Waals surface area contributed by atoms with Gasteiger partial charge in [0, 0.05) is 32.4 Å².